The molecule has 23 heavy (non-hydrogen) atoms. The molecule has 2 aromatic carbocycles. The molecule has 1 heterocycles. The molecule has 0 spiro atoms. The lowest BCUT2D eigenvalue weighted by Crippen LogP contribution is -2.28. The number of aromatic nitrogens is 1. The smallest absolute Gasteiger partial charge is 0.251 e. The van der Waals surface area contributed by atoms with Gasteiger partial charge in [-0.15, -0.1) is 0 Å². The topological polar surface area (TPSA) is 51.1 Å². The van der Waals surface area contributed by atoms with Crippen LogP contribution in [0, 0.1) is 13.8 Å². The number of hydrogen-bond donors (Lipinski definition) is 1. The van der Waals surface area contributed by atoms with E-state index in [-0.39, 0.29) is 18.0 Å². The Labute approximate surface area is 134 Å². The lowest BCUT2D eigenvalue weighted by molar-refractivity contribution is -0.116. The molecule has 4 heteroatoms. The fraction of sp³-hybridized carbons (Fsp3) is 0.158. The normalized spacial score (nSPS) is 10.7. The van der Waals surface area contributed by atoms with Crippen molar-refractivity contribution in [2.45, 2.75) is 20.4 Å². The van der Waals surface area contributed by atoms with E-state index in [0.29, 0.717) is 0 Å². The minimum Gasteiger partial charge on any atom is -0.324 e. The number of para-hydroxylation sites is 2. The highest BCUT2D eigenvalue weighted by atomic mass is 16.2. The van der Waals surface area contributed by atoms with E-state index in [2.05, 4.69) is 5.32 Å². The Hall–Kier alpha value is -2.88. The Kier molecular flexibility index (Phi) is 3.98. The van der Waals surface area contributed by atoms with Crippen molar-refractivity contribution in [3.63, 3.8) is 0 Å². The number of nitrogens with one attached hydrogen (secondary N) is 1. The number of carbonyl (C=O) groups excluding carboxylic acids is 1. The molecule has 1 aromatic heterocycles. The number of aryl methyl sites for hydroxylation is 2. The van der Waals surface area contributed by atoms with Gasteiger partial charge in [-0.1, -0.05) is 36.4 Å². The first kappa shape index (κ1) is 15.0. The predicted molar refractivity (Wildman–Crippen MR) is 92.8 cm³/mol. The summed E-state index contributed by atoms with van der Waals surface area (Å²) in [6.45, 7) is 3.83. The first-order valence-corrected chi connectivity index (χ1v) is 7.51. The Morgan fingerprint density at radius 3 is 2.48 bits per heavy atom. The number of carbonyl (C=O) groups is 1. The molecule has 3 aromatic rings. The lowest BCUT2D eigenvalue weighted by Gasteiger charge is -2.13. The summed E-state index contributed by atoms with van der Waals surface area (Å²) in [5.41, 5.74) is 3.28. The highest BCUT2D eigenvalue weighted by Crippen LogP contribution is 2.17. The van der Waals surface area contributed by atoms with Crippen LogP contribution in [0.2, 0.25) is 0 Å². The molecule has 0 radical (unpaired) electrons. The monoisotopic (exact) mass is 306 g/mol. The van der Waals surface area contributed by atoms with Crippen LogP contribution in [0.15, 0.2) is 59.4 Å². The summed E-state index contributed by atoms with van der Waals surface area (Å²) in [6.07, 6.45) is 0. The van der Waals surface area contributed by atoms with Gasteiger partial charge in [0, 0.05) is 17.1 Å². The van der Waals surface area contributed by atoms with Gasteiger partial charge in [0.05, 0.1) is 5.52 Å². The lowest BCUT2D eigenvalue weighted by atomic mass is 10.1. The third-order valence-electron chi connectivity index (χ3n) is 3.95. The van der Waals surface area contributed by atoms with Crippen LogP contribution in [0.25, 0.3) is 10.9 Å². The van der Waals surface area contributed by atoms with Gasteiger partial charge in [-0.2, -0.15) is 0 Å². The Bertz CT molecular complexity index is 941. The molecular weight excluding hydrogens is 288 g/mol. The molecular formula is C19H18N2O2. The van der Waals surface area contributed by atoms with Crippen LogP contribution < -0.4 is 10.9 Å². The van der Waals surface area contributed by atoms with Crippen LogP contribution in [-0.4, -0.2) is 10.5 Å². The maximum atomic E-state index is 12.3. The van der Waals surface area contributed by atoms with Gasteiger partial charge in [0.2, 0.25) is 5.91 Å². The molecule has 1 N–H and O–H groups in total. The Morgan fingerprint density at radius 1 is 1.00 bits per heavy atom. The highest BCUT2D eigenvalue weighted by molar-refractivity contribution is 5.92. The molecule has 0 unspecified atom stereocenters. The van der Waals surface area contributed by atoms with E-state index in [1.54, 1.807) is 6.07 Å². The summed E-state index contributed by atoms with van der Waals surface area (Å²) < 4.78 is 1.51. The standard InChI is InChI=1S/C19H18N2O2/c1-13-7-3-5-9-16(13)20-18(22)12-21-17-10-6-4-8-15(17)14(2)11-19(21)23/h3-11H,12H2,1-2H3,(H,20,22). The summed E-state index contributed by atoms with van der Waals surface area (Å²) in [7, 11) is 0. The summed E-state index contributed by atoms with van der Waals surface area (Å²) >= 11 is 0. The minimum atomic E-state index is -0.213. The molecule has 0 aliphatic rings. The van der Waals surface area contributed by atoms with Crippen molar-refractivity contribution >= 4 is 22.5 Å². The average Bonchev–Trinajstić information content (AvgIpc) is 2.54. The molecule has 0 fully saturated rings. The molecule has 116 valence electrons. The van der Waals surface area contributed by atoms with Gasteiger partial charge in [-0.3, -0.25) is 14.2 Å². The maximum Gasteiger partial charge on any atom is 0.251 e. The van der Waals surface area contributed by atoms with E-state index in [1.807, 2.05) is 62.4 Å². The Balaban J connectivity index is 1.94. The largest absolute Gasteiger partial charge is 0.324 e. The van der Waals surface area contributed by atoms with Crippen molar-refractivity contribution in [2.75, 3.05) is 5.32 Å². The molecule has 0 bridgehead atoms. The summed E-state index contributed by atoms with van der Waals surface area (Å²) in [6, 6.07) is 16.8. The minimum absolute atomic E-state index is 0.00599. The van der Waals surface area contributed by atoms with Crippen LogP contribution in [0.1, 0.15) is 11.1 Å². The number of rotatable bonds is 3. The second kappa shape index (κ2) is 6.08. The van der Waals surface area contributed by atoms with E-state index in [1.165, 1.54) is 4.57 Å². The third kappa shape index (κ3) is 3.01. The predicted octanol–water partition coefficient (Wildman–Crippen LogP) is 3.26. The molecule has 0 saturated carbocycles. The molecule has 1 amide bonds. The van der Waals surface area contributed by atoms with Crippen molar-refractivity contribution in [3.8, 4) is 0 Å². The van der Waals surface area contributed by atoms with Crippen molar-refractivity contribution in [2.24, 2.45) is 0 Å². The van der Waals surface area contributed by atoms with Crippen LogP contribution in [0.4, 0.5) is 5.69 Å². The summed E-state index contributed by atoms with van der Waals surface area (Å²) in [5.74, 6) is -0.213. The van der Waals surface area contributed by atoms with Crippen molar-refractivity contribution in [3.05, 3.63) is 76.1 Å². The molecule has 3 rings (SSSR count). The van der Waals surface area contributed by atoms with E-state index in [0.717, 1.165) is 27.7 Å². The second-order valence-electron chi connectivity index (χ2n) is 5.63. The van der Waals surface area contributed by atoms with E-state index in [9.17, 15) is 9.59 Å². The first-order chi connectivity index (χ1) is 11.1. The number of hydrogen-bond acceptors (Lipinski definition) is 2. The fourth-order valence-corrected chi connectivity index (χ4v) is 2.71. The van der Waals surface area contributed by atoms with Gasteiger partial charge in [-0.05, 0) is 37.1 Å². The van der Waals surface area contributed by atoms with Crippen LogP contribution in [0.5, 0.6) is 0 Å². The van der Waals surface area contributed by atoms with Crippen LogP contribution >= 0.6 is 0 Å². The van der Waals surface area contributed by atoms with Crippen LogP contribution in [0.3, 0.4) is 0 Å². The second-order valence-corrected chi connectivity index (χ2v) is 5.63. The van der Waals surface area contributed by atoms with Crippen molar-refractivity contribution < 1.29 is 4.79 Å². The SMILES string of the molecule is Cc1ccccc1NC(=O)Cn1c(=O)cc(C)c2ccccc21. The van der Waals surface area contributed by atoms with Crippen LogP contribution in [-0.2, 0) is 11.3 Å². The number of benzene rings is 2. The average molecular weight is 306 g/mol. The molecule has 0 atom stereocenters. The zero-order chi connectivity index (χ0) is 16.4. The number of pyridine rings is 1. The third-order valence-corrected chi connectivity index (χ3v) is 3.95. The number of anilines is 1. The van der Waals surface area contributed by atoms with Gasteiger partial charge >= 0.3 is 0 Å². The van der Waals surface area contributed by atoms with Crippen molar-refractivity contribution in [1.82, 2.24) is 4.57 Å². The number of amides is 1. The maximum absolute atomic E-state index is 12.3. The zero-order valence-electron chi connectivity index (χ0n) is 13.2. The first-order valence-electron chi connectivity index (χ1n) is 7.51. The van der Waals surface area contributed by atoms with E-state index in [4.69, 9.17) is 0 Å². The van der Waals surface area contributed by atoms with Crippen molar-refractivity contribution in [1.29, 1.82) is 0 Å². The molecule has 0 aliphatic heterocycles. The zero-order valence-corrected chi connectivity index (χ0v) is 13.2. The summed E-state index contributed by atoms with van der Waals surface area (Å²) in [5, 5.41) is 3.85. The van der Waals surface area contributed by atoms with Gasteiger partial charge in [-0.25, -0.2) is 0 Å². The molecule has 4 nitrogen and oxygen atoms in total. The quantitative estimate of drug-likeness (QED) is 0.807. The van der Waals surface area contributed by atoms with Gasteiger partial charge in [0.15, 0.2) is 0 Å². The van der Waals surface area contributed by atoms with E-state index >= 15 is 0 Å². The van der Waals surface area contributed by atoms with Gasteiger partial charge < -0.3 is 5.32 Å². The van der Waals surface area contributed by atoms with Gasteiger partial charge in [0.25, 0.3) is 5.56 Å². The fourth-order valence-electron chi connectivity index (χ4n) is 2.71. The Morgan fingerprint density at radius 2 is 1.70 bits per heavy atom. The van der Waals surface area contributed by atoms with E-state index < -0.39 is 0 Å². The molecule has 0 saturated heterocycles. The summed E-state index contributed by atoms with van der Waals surface area (Å²) in [4.78, 5) is 24.6. The number of nitrogens with zero attached hydrogens (tertiary/aromatic N) is 1. The molecule has 0 aliphatic carbocycles. The van der Waals surface area contributed by atoms with Gasteiger partial charge in [0.1, 0.15) is 6.54 Å². The number of fused-ring (bicyclic) bond motifs is 1. The highest BCUT2D eigenvalue weighted by Gasteiger charge is 2.10.